The molecule has 0 fully saturated rings. The average Bonchev–Trinajstić information content (AvgIpc) is 2.21. The maximum absolute atomic E-state index is 10.8. The van der Waals surface area contributed by atoms with Gasteiger partial charge in [-0.15, -0.1) is 0 Å². The Balaban J connectivity index is 2.57. The van der Waals surface area contributed by atoms with Crippen molar-refractivity contribution < 1.29 is 8.42 Å². The van der Waals surface area contributed by atoms with Gasteiger partial charge in [-0.05, 0) is 6.07 Å². The average molecular weight is 171 g/mol. The van der Waals surface area contributed by atoms with Crippen LogP contribution in [-0.2, 0) is 10.2 Å². The van der Waals surface area contributed by atoms with Gasteiger partial charge in [0, 0.05) is 6.20 Å². The van der Waals surface area contributed by atoms with E-state index < -0.39 is 10.2 Å². The van der Waals surface area contributed by atoms with E-state index in [9.17, 15) is 8.42 Å². The van der Waals surface area contributed by atoms with Gasteiger partial charge in [0.05, 0.1) is 17.6 Å². The van der Waals surface area contributed by atoms with E-state index in [2.05, 4.69) is 14.4 Å². The number of aromatic nitrogens is 1. The standard InChI is InChI=1S/C5H5N3O2S/c9-11(10)7-4-1-2-6-3-5(4)8-11/h1-3,7-8H. The SMILES string of the molecule is O=S1(=O)Nc2ccncc2N1. The van der Waals surface area contributed by atoms with E-state index in [0.29, 0.717) is 11.4 Å². The monoisotopic (exact) mass is 171 g/mol. The molecule has 0 radical (unpaired) electrons. The van der Waals surface area contributed by atoms with Crippen LogP contribution in [0.2, 0.25) is 0 Å². The third kappa shape index (κ3) is 1.01. The zero-order chi connectivity index (χ0) is 7.90. The van der Waals surface area contributed by atoms with Gasteiger partial charge in [0.25, 0.3) is 0 Å². The Morgan fingerprint density at radius 3 is 2.73 bits per heavy atom. The van der Waals surface area contributed by atoms with Gasteiger partial charge in [0.2, 0.25) is 0 Å². The highest BCUT2D eigenvalue weighted by atomic mass is 32.2. The molecule has 0 aliphatic carbocycles. The number of fused-ring (bicyclic) bond motifs is 1. The van der Waals surface area contributed by atoms with Gasteiger partial charge in [-0.25, -0.2) is 0 Å². The fourth-order valence-electron chi connectivity index (χ4n) is 0.880. The molecule has 0 amide bonds. The Bertz CT molecular complexity index is 355. The number of nitrogens with zero attached hydrogens (tertiary/aromatic N) is 1. The zero-order valence-corrected chi connectivity index (χ0v) is 6.22. The molecule has 1 aromatic rings. The molecule has 1 aliphatic heterocycles. The summed E-state index contributed by atoms with van der Waals surface area (Å²) in [6, 6.07) is 1.59. The highest BCUT2D eigenvalue weighted by Crippen LogP contribution is 2.27. The van der Waals surface area contributed by atoms with Crippen molar-refractivity contribution >= 4 is 21.6 Å². The van der Waals surface area contributed by atoms with E-state index >= 15 is 0 Å². The van der Waals surface area contributed by atoms with Crippen LogP contribution >= 0.6 is 0 Å². The molecule has 1 aliphatic rings. The number of pyridine rings is 1. The fourth-order valence-corrected chi connectivity index (χ4v) is 1.85. The van der Waals surface area contributed by atoms with E-state index in [1.54, 1.807) is 6.07 Å². The Morgan fingerprint density at radius 1 is 1.27 bits per heavy atom. The quantitative estimate of drug-likeness (QED) is 0.584. The van der Waals surface area contributed by atoms with Crippen LogP contribution in [0, 0.1) is 0 Å². The van der Waals surface area contributed by atoms with E-state index in [1.165, 1.54) is 12.4 Å². The van der Waals surface area contributed by atoms with Crippen LogP contribution in [0.1, 0.15) is 0 Å². The zero-order valence-electron chi connectivity index (χ0n) is 5.40. The predicted molar refractivity (Wildman–Crippen MR) is 40.4 cm³/mol. The summed E-state index contributed by atoms with van der Waals surface area (Å²) in [7, 11) is -3.35. The smallest absolute Gasteiger partial charge is 0.264 e. The van der Waals surface area contributed by atoms with Crippen molar-refractivity contribution in [3.8, 4) is 0 Å². The second-order valence-corrected chi connectivity index (χ2v) is 3.54. The molecule has 0 bridgehead atoms. The van der Waals surface area contributed by atoms with Crippen LogP contribution in [0.25, 0.3) is 0 Å². The normalized spacial score (nSPS) is 18.2. The fraction of sp³-hybridized carbons (Fsp3) is 0. The number of hydrogen-bond donors (Lipinski definition) is 2. The summed E-state index contributed by atoms with van der Waals surface area (Å²) < 4.78 is 26.2. The van der Waals surface area contributed by atoms with Crippen molar-refractivity contribution in [2.45, 2.75) is 0 Å². The molecule has 58 valence electrons. The van der Waals surface area contributed by atoms with Crippen molar-refractivity contribution in [2.24, 2.45) is 0 Å². The van der Waals surface area contributed by atoms with Gasteiger partial charge in [-0.2, -0.15) is 8.42 Å². The number of nitrogens with one attached hydrogen (secondary N) is 2. The molecule has 6 heteroatoms. The topological polar surface area (TPSA) is 71.1 Å². The number of hydrogen-bond acceptors (Lipinski definition) is 3. The van der Waals surface area contributed by atoms with Crippen molar-refractivity contribution in [3.63, 3.8) is 0 Å². The van der Waals surface area contributed by atoms with Crippen LogP contribution in [0.3, 0.4) is 0 Å². The molecule has 0 aromatic carbocycles. The number of anilines is 2. The molecule has 11 heavy (non-hydrogen) atoms. The van der Waals surface area contributed by atoms with E-state index in [0.717, 1.165) is 0 Å². The Labute approximate surface area is 63.6 Å². The molecule has 5 nitrogen and oxygen atoms in total. The molecule has 0 saturated heterocycles. The van der Waals surface area contributed by atoms with Crippen LogP contribution < -0.4 is 9.44 Å². The van der Waals surface area contributed by atoms with Crippen LogP contribution in [0.5, 0.6) is 0 Å². The van der Waals surface area contributed by atoms with Gasteiger partial charge >= 0.3 is 10.2 Å². The maximum atomic E-state index is 10.8. The van der Waals surface area contributed by atoms with E-state index in [-0.39, 0.29) is 0 Å². The van der Waals surface area contributed by atoms with Crippen LogP contribution in [0.4, 0.5) is 11.4 Å². The Hall–Kier alpha value is -1.30. The second kappa shape index (κ2) is 1.85. The van der Waals surface area contributed by atoms with Crippen molar-refractivity contribution in [3.05, 3.63) is 18.5 Å². The summed E-state index contributed by atoms with van der Waals surface area (Å²) >= 11 is 0. The summed E-state index contributed by atoms with van der Waals surface area (Å²) in [6.07, 6.45) is 2.97. The summed E-state index contributed by atoms with van der Waals surface area (Å²) in [5.41, 5.74) is 1.03. The molecule has 2 N–H and O–H groups in total. The third-order valence-electron chi connectivity index (χ3n) is 1.31. The molecular formula is C5H5N3O2S. The van der Waals surface area contributed by atoms with E-state index in [4.69, 9.17) is 0 Å². The first-order valence-electron chi connectivity index (χ1n) is 2.92. The molecule has 0 spiro atoms. The lowest BCUT2D eigenvalue weighted by atomic mass is 10.4. The highest BCUT2D eigenvalue weighted by molar-refractivity contribution is 7.94. The largest absolute Gasteiger partial charge is 0.321 e. The first kappa shape index (κ1) is 6.41. The third-order valence-corrected chi connectivity index (χ3v) is 2.29. The minimum Gasteiger partial charge on any atom is -0.264 e. The van der Waals surface area contributed by atoms with Crippen molar-refractivity contribution in [1.82, 2.24) is 4.98 Å². The summed E-state index contributed by atoms with van der Waals surface area (Å²) in [6.45, 7) is 0. The van der Waals surface area contributed by atoms with Gasteiger partial charge in [0.1, 0.15) is 0 Å². The van der Waals surface area contributed by atoms with Crippen LogP contribution in [0.15, 0.2) is 18.5 Å². The first-order chi connectivity index (χ1) is 5.17. The maximum Gasteiger partial charge on any atom is 0.321 e. The van der Waals surface area contributed by atoms with Gasteiger partial charge in [-0.1, -0.05) is 0 Å². The molecule has 2 heterocycles. The first-order valence-corrected chi connectivity index (χ1v) is 4.40. The van der Waals surface area contributed by atoms with E-state index in [1.807, 2.05) is 0 Å². The molecule has 2 rings (SSSR count). The molecule has 0 atom stereocenters. The summed E-state index contributed by atoms with van der Waals surface area (Å²) in [5.74, 6) is 0. The Kier molecular flexibility index (Phi) is 1.08. The lowest BCUT2D eigenvalue weighted by molar-refractivity contribution is 0.607. The Morgan fingerprint density at radius 2 is 2.00 bits per heavy atom. The minimum absolute atomic E-state index is 0.493. The molecule has 0 unspecified atom stereocenters. The highest BCUT2D eigenvalue weighted by Gasteiger charge is 2.21. The lowest BCUT2D eigenvalue weighted by Crippen LogP contribution is -2.12. The van der Waals surface area contributed by atoms with Gasteiger partial charge in [0.15, 0.2) is 0 Å². The van der Waals surface area contributed by atoms with Gasteiger partial charge in [-0.3, -0.25) is 14.4 Å². The molecule has 0 saturated carbocycles. The number of rotatable bonds is 0. The molecule has 1 aromatic heterocycles. The van der Waals surface area contributed by atoms with Crippen LogP contribution in [-0.4, -0.2) is 13.4 Å². The predicted octanol–water partition coefficient (Wildman–Crippen LogP) is 0.164. The summed E-state index contributed by atoms with van der Waals surface area (Å²) in [5, 5.41) is 0. The minimum atomic E-state index is -3.35. The molecular weight excluding hydrogens is 166 g/mol. The summed E-state index contributed by atoms with van der Waals surface area (Å²) in [4.78, 5) is 3.75. The lowest BCUT2D eigenvalue weighted by Gasteiger charge is -1.90. The van der Waals surface area contributed by atoms with Gasteiger partial charge < -0.3 is 0 Å². The van der Waals surface area contributed by atoms with Crippen molar-refractivity contribution in [1.29, 1.82) is 0 Å². The van der Waals surface area contributed by atoms with Crippen molar-refractivity contribution in [2.75, 3.05) is 9.44 Å². The second-order valence-electron chi connectivity index (χ2n) is 2.13.